The Morgan fingerprint density at radius 3 is 2.31 bits per heavy atom. The maximum atomic E-state index is 13.7. The highest BCUT2D eigenvalue weighted by Gasteiger charge is 2.24. The van der Waals surface area contributed by atoms with E-state index < -0.39 is 0 Å². The summed E-state index contributed by atoms with van der Waals surface area (Å²) in [6.45, 7) is 5.07. The molecule has 0 aliphatic carbocycles. The van der Waals surface area contributed by atoms with Crippen LogP contribution in [-0.2, 0) is 0 Å². The normalized spacial score (nSPS) is 14.1. The van der Waals surface area contributed by atoms with Crippen LogP contribution in [0.25, 0.3) is 22.2 Å². The number of fused-ring (bicyclic) bond motifs is 1. The Morgan fingerprint density at radius 2 is 1.59 bits per heavy atom. The van der Waals surface area contributed by atoms with Gasteiger partial charge in [0.05, 0.1) is 16.8 Å². The van der Waals surface area contributed by atoms with Gasteiger partial charge >= 0.3 is 0 Å². The Balaban J connectivity index is 1.48. The van der Waals surface area contributed by atoms with Gasteiger partial charge in [-0.1, -0.05) is 60.1 Å². The number of pyridine rings is 1. The number of hydrogen-bond acceptors (Lipinski definition) is 3. The summed E-state index contributed by atoms with van der Waals surface area (Å²) in [6, 6.07) is 25.9. The number of hydrogen-bond donors (Lipinski definition) is 0. The van der Waals surface area contributed by atoms with Crippen molar-refractivity contribution in [3.05, 3.63) is 95.0 Å². The summed E-state index contributed by atoms with van der Waals surface area (Å²) in [5.41, 5.74) is 5.57. The average molecular weight is 442 g/mol. The van der Waals surface area contributed by atoms with Gasteiger partial charge in [-0.15, -0.1) is 0 Å². The number of benzene rings is 3. The summed E-state index contributed by atoms with van der Waals surface area (Å²) < 4.78 is 0. The minimum atomic E-state index is 0.0610. The number of amides is 1. The van der Waals surface area contributed by atoms with Gasteiger partial charge in [0.25, 0.3) is 5.91 Å². The van der Waals surface area contributed by atoms with Crippen molar-refractivity contribution in [1.29, 1.82) is 0 Å². The van der Waals surface area contributed by atoms with Crippen LogP contribution in [0.15, 0.2) is 78.9 Å². The molecule has 1 aromatic heterocycles. The first-order chi connectivity index (χ1) is 15.6. The van der Waals surface area contributed by atoms with Gasteiger partial charge in [0.1, 0.15) is 0 Å². The van der Waals surface area contributed by atoms with Gasteiger partial charge in [0.2, 0.25) is 0 Å². The van der Waals surface area contributed by atoms with Gasteiger partial charge in [0.15, 0.2) is 0 Å². The topological polar surface area (TPSA) is 36.4 Å². The molecule has 0 spiro atoms. The molecular formula is C27H24ClN3O. The Labute approximate surface area is 193 Å². The van der Waals surface area contributed by atoms with Gasteiger partial charge < -0.3 is 9.80 Å². The third-order valence-electron chi connectivity index (χ3n) is 6.10. The summed E-state index contributed by atoms with van der Waals surface area (Å²) in [5, 5.41) is 1.58. The number of nitrogens with zero attached hydrogens (tertiary/aromatic N) is 3. The van der Waals surface area contributed by atoms with Crippen molar-refractivity contribution in [1.82, 2.24) is 9.88 Å². The smallest absolute Gasteiger partial charge is 0.254 e. The van der Waals surface area contributed by atoms with E-state index >= 15 is 0 Å². The Morgan fingerprint density at radius 1 is 0.875 bits per heavy atom. The summed E-state index contributed by atoms with van der Waals surface area (Å²) in [5.74, 6) is 0.0610. The maximum Gasteiger partial charge on any atom is 0.254 e. The lowest BCUT2D eigenvalue weighted by molar-refractivity contribution is 0.0748. The highest BCUT2D eigenvalue weighted by molar-refractivity contribution is 6.30. The number of piperazine rings is 1. The van der Waals surface area contributed by atoms with E-state index in [4.69, 9.17) is 16.6 Å². The van der Waals surface area contributed by atoms with E-state index in [1.807, 2.05) is 66.4 Å². The van der Waals surface area contributed by atoms with Crippen LogP contribution in [0.4, 0.5) is 5.69 Å². The van der Waals surface area contributed by atoms with E-state index in [0.717, 1.165) is 40.8 Å². The third-order valence-corrected chi connectivity index (χ3v) is 6.35. The number of halogens is 1. The second-order valence-corrected chi connectivity index (χ2v) is 8.58. The zero-order valence-electron chi connectivity index (χ0n) is 18.0. The van der Waals surface area contributed by atoms with Gasteiger partial charge in [-0.3, -0.25) is 4.79 Å². The molecule has 2 heterocycles. The first kappa shape index (κ1) is 20.5. The average Bonchev–Trinajstić information content (AvgIpc) is 2.84. The predicted octanol–water partition coefficient (Wildman–Crippen LogP) is 5.83. The number of rotatable bonds is 3. The lowest BCUT2D eigenvalue weighted by Crippen LogP contribution is -2.48. The molecule has 1 saturated heterocycles. The lowest BCUT2D eigenvalue weighted by Gasteiger charge is -2.36. The zero-order chi connectivity index (χ0) is 22.1. The maximum absolute atomic E-state index is 13.7. The van der Waals surface area contributed by atoms with Crippen LogP contribution in [-0.4, -0.2) is 42.0 Å². The summed E-state index contributed by atoms with van der Waals surface area (Å²) in [4.78, 5) is 22.8. The SMILES string of the molecule is Cc1cccc2c(C(=O)N3CCN(c4ccccc4)CC3)cc(-c3ccc(Cl)cc3)nc12. The molecule has 3 aromatic carbocycles. The Bertz CT molecular complexity index is 1260. The van der Waals surface area contributed by atoms with Crippen LogP contribution in [0.3, 0.4) is 0 Å². The molecule has 32 heavy (non-hydrogen) atoms. The molecule has 4 nitrogen and oxygen atoms in total. The molecule has 1 aliphatic heterocycles. The molecule has 5 rings (SSSR count). The predicted molar refractivity (Wildman–Crippen MR) is 131 cm³/mol. The van der Waals surface area contributed by atoms with E-state index in [1.54, 1.807) is 0 Å². The first-order valence-electron chi connectivity index (χ1n) is 10.9. The summed E-state index contributed by atoms with van der Waals surface area (Å²) >= 11 is 6.07. The van der Waals surface area contributed by atoms with Crippen molar-refractivity contribution in [2.24, 2.45) is 0 Å². The van der Waals surface area contributed by atoms with Crippen LogP contribution in [0.1, 0.15) is 15.9 Å². The van der Waals surface area contributed by atoms with E-state index in [0.29, 0.717) is 23.7 Å². The molecule has 160 valence electrons. The van der Waals surface area contributed by atoms with Crippen molar-refractivity contribution in [2.45, 2.75) is 6.92 Å². The van der Waals surface area contributed by atoms with Crippen molar-refractivity contribution in [2.75, 3.05) is 31.1 Å². The van der Waals surface area contributed by atoms with Gasteiger partial charge in [0, 0.05) is 47.8 Å². The molecule has 4 aromatic rings. The van der Waals surface area contributed by atoms with Crippen molar-refractivity contribution in [3.8, 4) is 11.3 Å². The van der Waals surface area contributed by atoms with E-state index in [-0.39, 0.29) is 5.91 Å². The van der Waals surface area contributed by atoms with Crippen molar-refractivity contribution < 1.29 is 4.79 Å². The van der Waals surface area contributed by atoms with E-state index in [9.17, 15) is 4.79 Å². The van der Waals surface area contributed by atoms with Crippen LogP contribution in [0, 0.1) is 6.92 Å². The zero-order valence-corrected chi connectivity index (χ0v) is 18.7. The minimum Gasteiger partial charge on any atom is -0.368 e. The van der Waals surface area contributed by atoms with Crippen LogP contribution < -0.4 is 4.90 Å². The fourth-order valence-electron chi connectivity index (χ4n) is 4.31. The minimum absolute atomic E-state index is 0.0610. The largest absolute Gasteiger partial charge is 0.368 e. The van der Waals surface area contributed by atoms with Crippen molar-refractivity contribution >= 4 is 34.1 Å². The molecule has 1 aliphatic rings. The summed E-state index contributed by atoms with van der Waals surface area (Å²) in [7, 11) is 0. The Kier molecular flexibility index (Phi) is 5.54. The number of para-hydroxylation sites is 2. The van der Waals surface area contributed by atoms with E-state index in [1.165, 1.54) is 5.69 Å². The van der Waals surface area contributed by atoms with Crippen LogP contribution >= 0.6 is 11.6 Å². The highest BCUT2D eigenvalue weighted by Crippen LogP contribution is 2.29. The van der Waals surface area contributed by atoms with Crippen LogP contribution in [0.2, 0.25) is 5.02 Å². The molecule has 0 bridgehead atoms. The molecule has 0 saturated carbocycles. The second-order valence-electron chi connectivity index (χ2n) is 8.15. The standard InChI is InChI=1S/C27H24ClN3O/c1-19-6-5-9-23-24(18-25(29-26(19)23)20-10-12-21(28)13-11-20)27(32)31-16-14-30(15-17-31)22-7-3-2-4-8-22/h2-13,18H,14-17H2,1H3. The molecule has 0 N–H and O–H groups in total. The summed E-state index contributed by atoms with van der Waals surface area (Å²) in [6.07, 6.45) is 0. The fraction of sp³-hybridized carbons (Fsp3) is 0.185. The fourth-order valence-corrected chi connectivity index (χ4v) is 4.44. The molecule has 0 radical (unpaired) electrons. The highest BCUT2D eigenvalue weighted by atomic mass is 35.5. The molecule has 0 unspecified atom stereocenters. The Hall–Kier alpha value is -3.37. The molecule has 0 atom stereocenters. The van der Waals surface area contributed by atoms with E-state index in [2.05, 4.69) is 29.2 Å². The molecule has 1 fully saturated rings. The van der Waals surface area contributed by atoms with Gasteiger partial charge in [-0.2, -0.15) is 0 Å². The third kappa shape index (κ3) is 3.94. The number of carbonyl (C=O) groups excluding carboxylic acids is 1. The molecule has 1 amide bonds. The van der Waals surface area contributed by atoms with Gasteiger partial charge in [-0.05, 0) is 42.8 Å². The molecular weight excluding hydrogens is 418 g/mol. The quantitative estimate of drug-likeness (QED) is 0.401. The first-order valence-corrected chi connectivity index (χ1v) is 11.2. The van der Waals surface area contributed by atoms with Crippen molar-refractivity contribution in [3.63, 3.8) is 0 Å². The monoisotopic (exact) mass is 441 g/mol. The molecule has 5 heteroatoms. The number of aryl methyl sites for hydroxylation is 1. The number of anilines is 1. The number of carbonyl (C=O) groups is 1. The van der Waals surface area contributed by atoms with Crippen LogP contribution in [0.5, 0.6) is 0 Å². The second kappa shape index (κ2) is 8.64. The number of aromatic nitrogens is 1. The lowest BCUT2D eigenvalue weighted by atomic mass is 10.0. The van der Waals surface area contributed by atoms with Gasteiger partial charge in [-0.25, -0.2) is 4.98 Å².